The maximum absolute atomic E-state index is 12.4. The molecule has 1 aromatic carbocycles. The number of amidine groups is 1. The predicted octanol–water partition coefficient (Wildman–Crippen LogP) is 5.58. The van der Waals surface area contributed by atoms with E-state index in [0.29, 0.717) is 12.4 Å². The van der Waals surface area contributed by atoms with Gasteiger partial charge >= 0.3 is 0 Å². The van der Waals surface area contributed by atoms with Crippen molar-refractivity contribution in [2.45, 2.75) is 61.6 Å². The zero-order chi connectivity index (χ0) is 24.3. The van der Waals surface area contributed by atoms with E-state index in [1.54, 1.807) is 23.5 Å². The predicted molar refractivity (Wildman–Crippen MR) is 138 cm³/mol. The highest BCUT2D eigenvalue weighted by atomic mass is 16.2. The average Bonchev–Trinajstić information content (AvgIpc) is 3.34. The van der Waals surface area contributed by atoms with Gasteiger partial charge in [0.05, 0.1) is 6.33 Å². The van der Waals surface area contributed by atoms with Gasteiger partial charge in [0.2, 0.25) is 5.91 Å². The van der Waals surface area contributed by atoms with Crippen LogP contribution in [0.15, 0.2) is 70.7 Å². The van der Waals surface area contributed by atoms with Gasteiger partial charge in [0.15, 0.2) is 0 Å². The Balaban J connectivity index is 0.00000194. The van der Waals surface area contributed by atoms with Gasteiger partial charge in [-0.15, -0.1) is 0 Å². The van der Waals surface area contributed by atoms with E-state index in [1.165, 1.54) is 0 Å². The fourth-order valence-corrected chi connectivity index (χ4v) is 3.08. The number of nitrogens with one attached hydrogen (secondary N) is 1. The largest absolute Gasteiger partial charge is 0.364 e. The molecule has 6 nitrogen and oxygen atoms in total. The Kier molecular flexibility index (Phi) is 11.2. The summed E-state index contributed by atoms with van der Waals surface area (Å²) in [7, 11) is 5.90. The Bertz CT molecular complexity index is 946. The van der Waals surface area contributed by atoms with E-state index in [-0.39, 0.29) is 19.0 Å². The van der Waals surface area contributed by atoms with E-state index in [2.05, 4.69) is 10.3 Å². The Labute approximate surface area is 196 Å². The second kappa shape index (κ2) is 13.4. The SMILES string of the molecule is CC.CC.[B]C1=CC(=C(C)C)/C(=N\C(C)Nc2ccc(-n3ccnc3)cc2)N(CC)C1=O.[HH]. The van der Waals surface area contributed by atoms with Gasteiger partial charge in [0, 0.05) is 37.3 Å². The summed E-state index contributed by atoms with van der Waals surface area (Å²) in [6.07, 6.45) is 6.90. The molecule has 1 amide bonds. The zero-order valence-corrected chi connectivity index (χ0v) is 20.7. The lowest BCUT2D eigenvalue weighted by molar-refractivity contribution is -0.122. The minimum Gasteiger partial charge on any atom is -0.364 e. The zero-order valence-electron chi connectivity index (χ0n) is 20.7. The van der Waals surface area contributed by atoms with Crippen LogP contribution < -0.4 is 5.32 Å². The van der Waals surface area contributed by atoms with Crippen molar-refractivity contribution in [3.63, 3.8) is 0 Å². The van der Waals surface area contributed by atoms with Crippen molar-refractivity contribution in [2.75, 3.05) is 11.9 Å². The van der Waals surface area contributed by atoms with Crippen LogP contribution in [-0.2, 0) is 4.79 Å². The number of likely N-dealkylation sites (N-methyl/N-ethyl adjacent to an activating group) is 1. The normalized spacial score (nSPS) is 15.2. The van der Waals surface area contributed by atoms with Crippen LogP contribution in [0.5, 0.6) is 0 Å². The molecule has 172 valence electrons. The van der Waals surface area contributed by atoms with Crippen LogP contribution in [0, 0.1) is 0 Å². The molecule has 0 bridgehead atoms. The average molecular weight is 435 g/mol. The van der Waals surface area contributed by atoms with Crippen molar-refractivity contribution in [3.05, 3.63) is 65.7 Å². The summed E-state index contributed by atoms with van der Waals surface area (Å²) >= 11 is 0. The van der Waals surface area contributed by atoms with Crippen molar-refractivity contribution in [1.29, 1.82) is 0 Å². The first-order valence-electron chi connectivity index (χ1n) is 11.3. The summed E-state index contributed by atoms with van der Waals surface area (Å²) in [4.78, 5) is 22.9. The van der Waals surface area contributed by atoms with E-state index >= 15 is 0 Å². The Morgan fingerprint density at radius 1 is 1.19 bits per heavy atom. The minimum atomic E-state index is -0.224. The molecule has 0 saturated heterocycles. The monoisotopic (exact) mass is 435 g/mol. The second-order valence-electron chi connectivity index (χ2n) is 6.85. The lowest BCUT2D eigenvalue weighted by Gasteiger charge is -2.30. The van der Waals surface area contributed by atoms with Crippen LogP contribution in [0.2, 0.25) is 0 Å². The molecule has 1 aliphatic heterocycles. The molecular formula is C25H38BN5O. The standard InChI is InChI=1S/C21H24BN5O.2C2H6.H2/c1-5-27-20(18(14(2)3)12-19(22)21(27)28)25-15(4)24-16-6-8-17(9-7-16)26-11-10-23-13-26;2*1-2;/h6-13,15,24H,5H2,1-4H3;2*1-2H3;1H/b25-20+;;;. The first-order chi connectivity index (χ1) is 15.4. The quantitative estimate of drug-likeness (QED) is 0.624. The van der Waals surface area contributed by atoms with Crippen molar-refractivity contribution < 1.29 is 6.22 Å². The number of imidazole rings is 1. The van der Waals surface area contributed by atoms with Gasteiger partial charge in [0.25, 0.3) is 0 Å². The van der Waals surface area contributed by atoms with Gasteiger partial charge in [-0.2, -0.15) is 0 Å². The van der Waals surface area contributed by atoms with Crippen molar-refractivity contribution >= 4 is 25.3 Å². The summed E-state index contributed by atoms with van der Waals surface area (Å²) in [6, 6.07) is 8.01. The van der Waals surface area contributed by atoms with Gasteiger partial charge in [-0.1, -0.05) is 39.3 Å². The first-order valence-corrected chi connectivity index (χ1v) is 11.3. The third kappa shape index (κ3) is 6.71. The molecule has 2 heterocycles. The van der Waals surface area contributed by atoms with Gasteiger partial charge < -0.3 is 9.88 Å². The highest BCUT2D eigenvalue weighted by Gasteiger charge is 2.27. The van der Waals surface area contributed by atoms with Crippen LogP contribution >= 0.6 is 0 Å². The van der Waals surface area contributed by atoms with Crippen molar-refractivity contribution in [2.24, 2.45) is 4.99 Å². The summed E-state index contributed by atoms with van der Waals surface area (Å²) in [6.45, 7) is 16.4. The molecule has 1 N–H and O–H groups in total. The lowest BCUT2D eigenvalue weighted by atomic mass is 9.87. The molecular weight excluding hydrogens is 397 g/mol. The number of nitrogens with zero attached hydrogens (tertiary/aromatic N) is 4. The van der Waals surface area contributed by atoms with E-state index < -0.39 is 0 Å². The van der Waals surface area contributed by atoms with E-state index in [0.717, 1.165) is 22.5 Å². The minimum absolute atomic E-state index is 0. The van der Waals surface area contributed by atoms with Gasteiger partial charge in [-0.25, -0.2) is 9.98 Å². The number of carbonyl (C=O) groups excluding carboxylic acids is 1. The Morgan fingerprint density at radius 3 is 2.31 bits per heavy atom. The number of aromatic nitrogens is 2. The number of hydrogen-bond donors (Lipinski definition) is 1. The van der Waals surface area contributed by atoms with Gasteiger partial charge in [0.1, 0.15) is 19.8 Å². The maximum Gasteiger partial charge on any atom is 0.245 e. The number of carbonyl (C=O) groups is 1. The van der Waals surface area contributed by atoms with Crippen LogP contribution in [0.25, 0.3) is 5.69 Å². The number of aliphatic imine (C=N–C) groups is 1. The smallest absolute Gasteiger partial charge is 0.245 e. The number of amides is 1. The van der Waals surface area contributed by atoms with Gasteiger partial charge in [-0.05, 0) is 57.4 Å². The van der Waals surface area contributed by atoms with Crippen molar-refractivity contribution in [1.82, 2.24) is 14.5 Å². The second-order valence-corrected chi connectivity index (χ2v) is 6.85. The molecule has 0 fully saturated rings. The first kappa shape index (κ1) is 26.9. The fourth-order valence-electron chi connectivity index (χ4n) is 3.08. The summed E-state index contributed by atoms with van der Waals surface area (Å²) in [5.74, 6) is 0.444. The fraction of sp³-hybridized carbons (Fsp3) is 0.400. The molecule has 0 saturated carbocycles. The molecule has 0 aliphatic carbocycles. The third-order valence-corrected chi connectivity index (χ3v) is 4.50. The Hall–Kier alpha value is -3.09. The van der Waals surface area contributed by atoms with Crippen molar-refractivity contribution in [3.8, 4) is 5.69 Å². The molecule has 0 spiro atoms. The van der Waals surface area contributed by atoms with Crippen LogP contribution in [0.1, 0.15) is 56.8 Å². The van der Waals surface area contributed by atoms with E-state index in [9.17, 15) is 4.79 Å². The number of hydrogen-bond acceptors (Lipinski definition) is 4. The number of benzene rings is 1. The summed E-state index contributed by atoms with van der Waals surface area (Å²) in [5.41, 5.74) is 4.17. The maximum atomic E-state index is 12.4. The van der Waals surface area contributed by atoms with E-state index in [1.807, 2.05) is 90.4 Å². The lowest BCUT2D eigenvalue weighted by Crippen LogP contribution is -2.42. The topological polar surface area (TPSA) is 62.5 Å². The number of anilines is 1. The summed E-state index contributed by atoms with van der Waals surface area (Å²) in [5, 5.41) is 3.37. The molecule has 2 aromatic rings. The molecule has 3 rings (SSSR count). The molecule has 1 unspecified atom stereocenters. The van der Waals surface area contributed by atoms with Crippen LogP contribution in [0.3, 0.4) is 0 Å². The highest BCUT2D eigenvalue weighted by Crippen LogP contribution is 2.21. The highest BCUT2D eigenvalue weighted by molar-refractivity contribution is 6.40. The van der Waals surface area contributed by atoms with E-state index in [4.69, 9.17) is 12.8 Å². The van der Waals surface area contributed by atoms with Gasteiger partial charge in [-0.3, -0.25) is 9.69 Å². The molecule has 7 heteroatoms. The molecule has 1 atom stereocenters. The number of allylic oxidation sites excluding steroid dienone is 1. The molecule has 1 aromatic heterocycles. The summed E-state index contributed by atoms with van der Waals surface area (Å²) < 4.78 is 1.94. The van der Waals surface area contributed by atoms with Crippen LogP contribution in [0.4, 0.5) is 5.69 Å². The van der Waals surface area contributed by atoms with Crippen LogP contribution in [-0.4, -0.2) is 46.8 Å². The number of rotatable bonds is 5. The Morgan fingerprint density at radius 2 is 1.81 bits per heavy atom. The molecule has 32 heavy (non-hydrogen) atoms. The molecule has 1 aliphatic rings. The molecule has 2 radical (unpaired) electrons. The third-order valence-electron chi connectivity index (χ3n) is 4.50.